The second-order valence-corrected chi connectivity index (χ2v) is 7.53. The van der Waals surface area contributed by atoms with Crippen molar-refractivity contribution in [3.63, 3.8) is 0 Å². The molecule has 3 aromatic rings. The first-order valence-electron chi connectivity index (χ1n) is 10.4. The number of fused-ring (bicyclic) bond motifs is 1. The summed E-state index contributed by atoms with van der Waals surface area (Å²) < 4.78 is 20.5. The van der Waals surface area contributed by atoms with Crippen molar-refractivity contribution in [2.45, 2.75) is 13.8 Å². The Kier molecular flexibility index (Phi) is 5.90. The van der Waals surface area contributed by atoms with Crippen LogP contribution in [0, 0.1) is 12.7 Å². The number of primary amides is 1. The monoisotopic (exact) mass is 423 g/mol. The van der Waals surface area contributed by atoms with Crippen LogP contribution in [0.3, 0.4) is 0 Å². The van der Waals surface area contributed by atoms with E-state index in [1.165, 1.54) is 12.3 Å². The van der Waals surface area contributed by atoms with Gasteiger partial charge < -0.3 is 26.0 Å². The van der Waals surface area contributed by atoms with Gasteiger partial charge in [-0.3, -0.25) is 9.78 Å². The van der Waals surface area contributed by atoms with Crippen LogP contribution in [0.15, 0.2) is 36.5 Å². The van der Waals surface area contributed by atoms with Gasteiger partial charge >= 0.3 is 0 Å². The number of ether oxygens (including phenoxy) is 1. The number of nitrogens with two attached hydrogens (primary N) is 1. The Bertz CT molecular complexity index is 1130. The second kappa shape index (κ2) is 8.77. The van der Waals surface area contributed by atoms with Crippen LogP contribution in [0.5, 0.6) is 5.75 Å². The lowest BCUT2D eigenvalue weighted by Gasteiger charge is -2.31. The highest BCUT2D eigenvalue weighted by Crippen LogP contribution is 2.38. The van der Waals surface area contributed by atoms with Gasteiger partial charge in [-0.05, 0) is 37.6 Å². The Morgan fingerprint density at radius 3 is 2.74 bits per heavy atom. The van der Waals surface area contributed by atoms with Crippen molar-refractivity contribution in [3.8, 4) is 5.75 Å². The third kappa shape index (κ3) is 4.25. The van der Waals surface area contributed by atoms with E-state index < -0.39 is 11.7 Å². The van der Waals surface area contributed by atoms with Gasteiger partial charge in [0.15, 0.2) is 0 Å². The fourth-order valence-corrected chi connectivity index (χ4v) is 3.81. The van der Waals surface area contributed by atoms with Gasteiger partial charge in [0.1, 0.15) is 11.6 Å². The van der Waals surface area contributed by atoms with Crippen LogP contribution in [-0.2, 0) is 0 Å². The quantitative estimate of drug-likeness (QED) is 0.563. The molecule has 0 spiro atoms. The topological polar surface area (TPSA) is 92.5 Å². The van der Waals surface area contributed by atoms with Crippen molar-refractivity contribution in [2.75, 3.05) is 43.0 Å². The van der Waals surface area contributed by atoms with Crippen LogP contribution < -0.4 is 26.0 Å². The first-order chi connectivity index (χ1) is 15.0. The molecule has 0 unspecified atom stereocenters. The molecule has 1 saturated heterocycles. The normalized spacial score (nSPS) is 14.0. The predicted molar refractivity (Wildman–Crippen MR) is 121 cm³/mol. The van der Waals surface area contributed by atoms with E-state index in [1.807, 2.05) is 26.0 Å². The smallest absolute Gasteiger partial charge is 0.252 e. The minimum absolute atomic E-state index is 0.197. The summed E-state index contributed by atoms with van der Waals surface area (Å²) in [6.07, 6.45) is 1.42. The molecule has 8 heteroatoms. The number of pyridine rings is 1. The lowest BCUT2D eigenvalue weighted by molar-refractivity contribution is 0.100. The molecule has 1 amide bonds. The van der Waals surface area contributed by atoms with E-state index in [2.05, 4.69) is 20.5 Å². The molecular weight excluding hydrogens is 397 g/mol. The maximum atomic E-state index is 14.6. The number of aryl methyl sites for hydroxylation is 1. The average Bonchev–Trinajstić information content (AvgIpc) is 2.76. The van der Waals surface area contributed by atoms with Crippen LogP contribution >= 0.6 is 0 Å². The van der Waals surface area contributed by atoms with Gasteiger partial charge in [0.05, 0.1) is 34.7 Å². The Morgan fingerprint density at radius 1 is 1.29 bits per heavy atom. The number of nitrogens with one attached hydrogen (secondary N) is 2. The van der Waals surface area contributed by atoms with Gasteiger partial charge in [-0.2, -0.15) is 0 Å². The highest BCUT2D eigenvalue weighted by atomic mass is 19.1. The molecule has 4 rings (SSSR count). The second-order valence-electron chi connectivity index (χ2n) is 7.53. The van der Waals surface area contributed by atoms with Gasteiger partial charge in [0, 0.05) is 43.8 Å². The average molecular weight is 423 g/mol. The van der Waals surface area contributed by atoms with Crippen molar-refractivity contribution in [1.29, 1.82) is 0 Å². The molecule has 0 aliphatic carbocycles. The maximum Gasteiger partial charge on any atom is 0.252 e. The molecule has 1 aliphatic rings. The number of hydrogen-bond donors (Lipinski definition) is 3. The zero-order valence-corrected chi connectivity index (χ0v) is 17.7. The summed E-state index contributed by atoms with van der Waals surface area (Å²) >= 11 is 0. The summed E-state index contributed by atoms with van der Waals surface area (Å²) in [6.45, 7) is 7.64. The van der Waals surface area contributed by atoms with Gasteiger partial charge in [-0.15, -0.1) is 0 Å². The predicted octanol–water partition coefficient (Wildman–Crippen LogP) is 3.33. The molecule has 0 atom stereocenters. The van der Waals surface area contributed by atoms with Crippen molar-refractivity contribution in [3.05, 3.63) is 53.5 Å². The first kappa shape index (κ1) is 20.9. The van der Waals surface area contributed by atoms with Crippen LogP contribution in [0.4, 0.5) is 21.5 Å². The number of hydrogen-bond acceptors (Lipinski definition) is 6. The molecule has 0 radical (unpaired) electrons. The lowest BCUT2D eigenvalue weighted by atomic mass is 10.1. The number of rotatable bonds is 6. The molecule has 1 aromatic heterocycles. The van der Waals surface area contributed by atoms with Gasteiger partial charge in [-0.25, -0.2) is 4.39 Å². The summed E-state index contributed by atoms with van der Waals surface area (Å²) in [5, 5.41) is 7.10. The zero-order valence-electron chi connectivity index (χ0n) is 17.7. The lowest BCUT2D eigenvalue weighted by Crippen LogP contribution is -2.43. The number of anilines is 3. The Morgan fingerprint density at radius 2 is 2.06 bits per heavy atom. The molecule has 162 valence electrons. The number of halogens is 1. The van der Waals surface area contributed by atoms with E-state index in [0.29, 0.717) is 23.2 Å². The van der Waals surface area contributed by atoms with Gasteiger partial charge in [0.2, 0.25) is 0 Å². The summed E-state index contributed by atoms with van der Waals surface area (Å²) in [4.78, 5) is 18.8. The highest BCUT2D eigenvalue weighted by Gasteiger charge is 2.21. The Hall–Kier alpha value is -3.39. The zero-order chi connectivity index (χ0) is 22.0. The molecule has 0 saturated carbocycles. The van der Waals surface area contributed by atoms with Crippen molar-refractivity contribution >= 4 is 33.9 Å². The number of nitrogens with zero attached hydrogens (tertiary/aromatic N) is 2. The highest BCUT2D eigenvalue weighted by molar-refractivity contribution is 6.08. The molecule has 0 bridgehead atoms. The molecule has 7 nitrogen and oxygen atoms in total. The van der Waals surface area contributed by atoms with Crippen LogP contribution in [0.2, 0.25) is 0 Å². The number of carbonyl (C=O) groups is 1. The number of amides is 1. The van der Waals surface area contributed by atoms with E-state index in [-0.39, 0.29) is 11.3 Å². The van der Waals surface area contributed by atoms with Crippen LogP contribution in [0.1, 0.15) is 22.8 Å². The molecule has 1 fully saturated rings. The summed E-state index contributed by atoms with van der Waals surface area (Å²) in [7, 11) is 0. The number of benzene rings is 2. The Balaban J connectivity index is 1.90. The van der Waals surface area contributed by atoms with E-state index in [9.17, 15) is 9.18 Å². The number of piperazine rings is 1. The number of aromatic nitrogens is 1. The largest absolute Gasteiger partial charge is 0.492 e. The third-order valence-electron chi connectivity index (χ3n) is 5.36. The van der Waals surface area contributed by atoms with Gasteiger partial charge in [0.25, 0.3) is 5.91 Å². The maximum absolute atomic E-state index is 14.6. The first-order valence-corrected chi connectivity index (χ1v) is 10.4. The van der Waals surface area contributed by atoms with Crippen LogP contribution in [0.25, 0.3) is 10.9 Å². The fraction of sp³-hybridized carbons (Fsp3) is 0.304. The SMILES string of the molecule is CCOc1cc2ncc(C(N)=O)c(Nc3ccc(C)cc3F)c2cc1N1CCNCC1. The van der Waals surface area contributed by atoms with Crippen molar-refractivity contribution < 1.29 is 13.9 Å². The minimum atomic E-state index is -0.637. The molecular formula is C23H26FN5O2. The molecule has 31 heavy (non-hydrogen) atoms. The number of carbonyl (C=O) groups excluding carboxylic acids is 1. The molecule has 2 aromatic carbocycles. The van der Waals surface area contributed by atoms with Gasteiger partial charge in [-0.1, -0.05) is 6.07 Å². The standard InChI is InChI=1S/C23H26FN5O2/c1-3-31-21-12-19-15(11-20(21)29-8-6-26-7-9-29)22(16(13-27-19)23(25)30)28-18-5-4-14(2)10-17(18)24/h4-5,10-13,26H,3,6-9H2,1-2H3,(H2,25,30)(H,27,28). The summed E-state index contributed by atoms with van der Waals surface area (Å²) in [6, 6.07) is 8.69. The van der Waals surface area contributed by atoms with E-state index in [4.69, 9.17) is 10.5 Å². The van der Waals surface area contributed by atoms with Crippen molar-refractivity contribution in [1.82, 2.24) is 10.3 Å². The fourth-order valence-electron chi connectivity index (χ4n) is 3.81. The van der Waals surface area contributed by atoms with E-state index >= 15 is 0 Å². The third-order valence-corrected chi connectivity index (χ3v) is 5.36. The molecule has 4 N–H and O–H groups in total. The van der Waals surface area contributed by atoms with Crippen molar-refractivity contribution in [2.24, 2.45) is 5.73 Å². The summed E-state index contributed by atoms with van der Waals surface area (Å²) in [5.41, 5.74) is 8.86. The summed E-state index contributed by atoms with van der Waals surface area (Å²) in [5.74, 6) is -0.320. The van der Waals surface area contributed by atoms with E-state index in [1.54, 1.807) is 12.1 Å². The Labute approximate surface area is 180 Å². The molecule has 2 heterocycles. The van der Waals surface area contributed by atoms with Crippen LogP contribution in [-0.4, -0.2) is 43.7 Å². The minimum Gasteiger partial charge on any atom is -0.492 e. The van der Waals surface area contributed by atoms with E-state index in [0.717, 1.165) is 43.2 Å². The molecule has 1 aliphatic heterocycles.